The maximum absolute atomic E-state index is 4.71. The maximum atomic E-state index is 4.71. The highest BCUT2D eigenvalue weighted by Crippen LogP contribution is 2.29. The molecule has 3 aromatic rings. The lowest BCUT2D eigenvalue weighted by atomic mass is 10.2. The predicted octanol–water partition coefficient (Wildman–Crippen LogP) is 2.18. The zero-order valence-corrected chi connectivity index (χ0v) is 14.0. The van der Waals surface area contributed by atoms with E-state index in [1.807, 2.05) is 4.52 Å². The van der Waals surface area contributed by atoms with Gasteiger partial charge in [-0.2, -0.15) is 4.52 Å². The molecule has 0 spiro atoms. The molecule has 1 aliphatic heterocycles. The second kappa shape index (κ2) is 5.98. The summed E-state index contributed by atoms with van der Waals surface area (Å²) in [5.74, 6) is 1.95. The summed E-state index contributed by atoms with van der Waals surface area (Å²) in [7, 11) is 0. The van der Waals surface area contributed by atoms with Crippen molar-refractivity contribution in [2.45, 2.75) is 35.9 Å². The Labute approximate surface area is 137 Å². The Morgan fingerprint density at radius 2 is 2.36 bits per heavy atom. The largest absolute Gasteiger partial charge is 0.337 e. The topological polar surface area (TPSA) is 59.7 Å². The molecular formula is C15H18N5S2+. The molecular weight excluding hydrogens is 314 g/mol. The summed E-state index contributed by atoms with van der Waals surface area (Å²) in [4.78, 5) is 0.905. The Kier molecular flexibility index (Phi) is 3.85. The normalized spacial score (nSPS) is 18.3. The van der Waals surface area contributed by atoms with Crippen LogP contribution in [0.5, 0.6) is 0 Å². The van der Waals surface area contributed by atoms with Gasteiger partial charge in [0.15, 0.2) is 4.34 Å². The molecule has 3 heterocycles. The third kappa shape index (κ3) is 2.76. The molecule has 1 aliphatic rings. The van der Waals surface area contributed by atoms with Crippen molar-refractivity contribution in [2.24, 2.45) is 0 Å². The highest BCUT2D eigenvalue weighted by molar-refractivity contribution is 8.00. The van der Waals surface area contributed by atoms with E-state index in [1.165, 1.54) is 30.5 Å². The molecule has 0 saturated carbocycles. The van der Waals surface area contributed by atoms with Crippen molar-refractivity contribution >= 4 is 28.1 Å². The van der Waals surface area contributed by atoms with Crippen molar-refractivity contribution in [3.8, 4) is 0 Å². The minimum absolute atomic E-state index is 0.423. The summed E-state index contributed by atoms with van der Waals surface area (Å²) in [5.41, 5.74) is 2.63. The number of hydrogen-bond donors (Lipinski definition) is 1. The Morgan fingerprint density at radius 3 is 3.18 bits per heavy atom. The monoisotopic (exact) mass is 332 g/mol. The highest BCUT2D eigenvalue weighted by Gasteiger charge is 2.27. The SMILES string of the molecule is Cc1cccc(CSc2nn3c([C@H]4CCC[NH2+]4)nnc3s2)c1. The second-order valence-electron chi connectivity index (χ2n) is 5.67. The molecule has 0 unspecified atom stereocenters. The van der Waals surface area contributed by atoms with Crippen LogP contribution in [-0.2, 0) is 5.75 Å². The molecule has 2 aromatic heterocycles. The van der Waals surface area contributed by atoms with Gasteiger partial charge in [0, 0.05) is 18.6 Å². The fourth-order valence-corrected chi connectivity index (χ4v) is 4.69. The van der Waals surface area contributed by atoms with Crippen molar-refractivity contribution in [3.05, 3.63) is 41.2 Å². The first-order chi connectivity index (χ1) is 10.8. The van der Waals surface area contributed by atoms with Crippen LogP contribution in [0.2, 0.25) is 0 Å². The summed E-state index contributed by atoms with van der Waals surface area (Å²) in [5, 5.41) is 15.7. The minimum atomic E-state index is 0.423. The summed E-state index contributed by atoms with van der Waals surface area (Å²) < 4.78 is 3.00. The van der Waals surface area contributed by atoms with Crippen LogP contribution in [0, 0.1) is 6.92 Å². The van der Waals surface area contributed by atoms with E-state index >= 15 is 0 Å². The molecule has 7 heteroatoms. The second-order valence-corrected chi connectivity index (χ2v) is 7.85. The van der Waals surface area contributed by atoms with E-state index in [2.05, 4.69) is 46.7 Å². The Bertz CT molecular complexity index is 788. The first-order valence-corrected chi connectivity index (χ1v) is 9.33. The smallest absolute Gasteiger partial charge is 0.235 e. The third-order valence-electron chi connectivity index (χ3n) is 3.94. The predicted molar refractivity (Wildman–Crippen MR) is 88.2 cm³/mol. The average molecular weight is 332 g/mol. The Hall–Kier alpha value is -1.44. The van der Waals surface area contributed by atoms with Crippen LogP contribution in [0.3, 0.4) is 0 Å². The molecule has 5 nitrogen and oxygen atoms in total. The molecule has 0 bridgehead atoms. The first-order valence-electron chi connectivity index (χ1n) is 7.53. The van der Waals surface area contributed by atoms with Gasteiger partial charge < -0.3 is 5.32 Å². The number of nitrogens with two attached hydrogens (primary N) is 1. The van der Waals surface area contributed by atoms with Crippen LogP contribution >= 0.6 is 23.1 Å². The minimum Gasteiger partial charge on any atom is -0.337 e. The van der Waals surface area contributed by atoms with Gasteiger partial charge in [-0.1, -0.05) is 52.9 Å². The van der Waals surface area contributed by atoms with Crippen LogP contribution < -0.4 is 5.32 Å². The fraction of sp³-hybridized carbons (Fsp3) is 0.400. The highest BCUT2D eigenvalue weighted by atomic mass is 32.2. The van der Waals surface area contributed by atoms with Gasteiger partial charge in [0.1, 0.15) is 6.04 Å². The molecule has 0 aliphatic carbocycles. The number of benzene rings is 1. The third-order valence-corrected chi connectivity index (χ3v) is 6.05. The number of quaternary nitrogens is 1. The molecule has 1 atom stereocenters. The van der Waals surface area contributed by atoms with Crippen LogP contribution in [0.1, 0.15) is 35.8 Å². The van der Waals surface area contributed by atoms with Crippen molar-refractivity contribution < 1.29 is 5.32 Å². The van der Waals surface area contributed by atoms with Gasteiger partial charge in [0.05, 0.1) is 6.54 Å². The first kappa shape index (κ1) is 14.2. The number of rotatable bonds is 4. The van der Waals surface area contributed by atoms with Gasteiger partial charge >= 0.3 is 0 Å². The van der Waals surface area contributed by atoms with E-state index in [4.69, 9.17) is 5.10 Å². The van der Waals surface area contributed by atoms with Crippen molar-refractivity contribution in [1.29, 1.82) is 0 Å². The van der Waals surface area contributed by atoms with Crippen LogP contribution in [0.4, 0.5) is 0 Å². The number of nitrogens with zero attached hydrogens (tertiary/aromatic N) is 4. The number of hydrogen-bond acceptors (Lipinski definition) is 5. The maximum Gasteiger partial charge on any atom is 0.235 e. The van der Waals surface area contributed by atoms with Gasteiger partial charge in [-0.25, -0.2) is 0 Å². The Morgan fingerprint density at radius 1 is 1.41 bits per heavy atom. The van der Waals surface area contributed by atoms with Crippen LogP contribution in [0.15, 0.2) is 28.6 Å². The van der Waals surface area contributed by atoms with Crippen LogP contribution in [-0.4, -0.2) is 26.4 Å². The summed E-state index contributed by atoms with van der Waals surface area (Å²) >= 11 is 3.40. The molecule has 114 valence electrons. The number of aromatic nitrogens is 4. The van der Waals surface area contributed by atoms with Gasteiger partial charge in [0.2, 0.25) is 10.8 Å². The lowest BCUT2D eigenvalue weighted by molar-refractivity contribution is -0.677. The van der Waals surface area contributed by atoms with Gasteiger partial charge in [-0.15, -0.1) is 15.3 Å². The summed E-state index contributed by atoms with van der Waals surface area (Å²) in [6.07, 6.45) is 2.42. The molecule has 2 N–H and O–H groups in total. The molecule has 1 aromatic carbocycles. The Balaban J connectivity index is 1.53. The molecule has 0 amide bonds. The van der Waals surface area contributed by atoms with E-state index in [9.17, 15) is 0 Å². The molecule has 0 radical (unpaired) electrons. The van der Waals surface area contributed by atoms with Gasteiger partial charge in [-0.3, -0.25) is 0 Å². The lowest BCUT2D eigenvalue weighted by Gasteiger charge is -2.02. The van der Waals surface area contributed by atoms with Crippen molar-refractivity contribution in [3.63, 3.8) is 0 Å². The van der Waals surface area contributed by atoms with E-state index in [-0.39, 0.29) is 0 Å². The summed E-state index contributed by atoms with van der Waals surface area (Å²) in [6.45, 7) is 3.31. The average Bonchev–Trinajstić information content (AvgIpc) is 3.21. The van der Waals surface area contributed by atoms with E-state index < -0.39 is 0 Å². The van der Waals surface area contributed by atoms with Gasteiger partial charge in [-0.05, 0) is 12.5 Å². The van der Waals surface area contributed by atoms with E-state index in [0.29, 0.717) is 6.04 Å². The zero-order valence-electron chi connectivity index (χ0n) is 12.4. The van der Waals surface area contributed by atoms with Crippen molar-refractivity contribution in [2.75, 3.05) is 6.54 Å². The van der Waals surface area contributed by atoms with E-state index in [0.717, 1.165) is 20.9 Å². The van der Waals surface area contributed by atoms with Gasteiger partial charge in [0.25, 0.3) is 0 Å². The lowest BCUT2D eigenvalue weighted by Crippen LogP contribution is -2.82. The zero-order chi connectivity index (χ0) is 14.9. The van der Waals surface area contributed by atoms with Crippen LogP contribution in [0.25, 0.3) is 4.96 Å². The number of fused-ring (bicyclic) bond motifs is 1. The molecule has 1 fully saturated rings. The quantitative estimate of drug-likeness (QED) is 0.744. The standard InChI is InChI=1S/C15H17N5S2/c1-10-4-2-5-11(8-10)9-21-15-19-20-13(12-6-3-7-16-12)17-18-14(20)22-15/h2,4-5,8,12,16H,3,6-7,9H2,1H3/p+1/t12-/m1/s1. The van der Waals surface area contributed by atoms with E-state index in [1.54, 1.807) is 23.1 Å². The molecule has 22 heavy (non-hydrogen) atoms. The number of thioether (sulfide) groups is 1. The van der Waals surface area contributed by atoms with Crippen molar-refractivity contribution in [1.82, 2.24) is 19.8 Å². The number of aryl methyl sites for hydroxylation is 1. The molecule has 4 rings (SSSR count). The summed E-state index contributed by atoms with van der Waals surface area (Å²) in [6, 6.07) is 9.05. The fourth-order valence-electron chi connectivity index (χ4n) is 2.86. The molecule has 1 saturated heterocycles.